The zero-order valence-electron chi connectivity index (χ0n) is 17.2. The smallest absolute Gasteiger partial charge is 0.246 e. The van der Waals surface area contributed by atoms with Gasteiger partial charge in [-0.25, -0.2) is 8.42 Å². The minimum absolute atomic E-state index is 0.0643. The van der Waals surface area contributed by atoms with Gasteiger partial charge in [0.2, 0.25) is 15.9 Å². The molecule has 4 rings (SSSR count). The van der Waals surface area contributed by atoms with E-state index in [1.807, 2.05) is 4.90 Å². The lowest BCUT2D eigenvalue weighted by molar-refractivity contribution is -0.135. The predicted octanol–water partition coefficient (Wildman–Crippen LogP) is 2.46. The molecule has 156 valence electrons. The fraction of sp³-hybridized carbons (Fsp3) is 0.800. The first kappa shape index (κ1) is 19.9. The fourth-order valence-corrected chi connectivity index (χ4v) is 6.46. The minimum Gasteiger partial charge on any atom is -0.335 e. The molecule has 1 unspecified atom stereocenters. The van der Waals surface area contributed by atoms with Gasteiger partial charge in [-0.05, 0) is 65.2 Å². The Balaban J connectivity index is 1.56. The van der Waals surface area contributed by atoms with Crippen molar-refractivity contribution in [2.75, 3.05) is 13.1 Å². The molecule has 1 aromatic rings. The molecule has 0 radical (unpaired) electrons. The van der Waals surface area contributed by atoms with E-state index < -0.39 is 10.0 Å². The van der Waals surface area contributed by atoms with Crippen LogP contribution in [0.1, 0.15) is 63.3 Å². The molecule has 1 aliphatic heterocycles. The molecule has 2 aliphatic carbocycles. The number of aryl methyl sites for hydroxylation is 1. The maximum Gasteiger partial charge on any atom is 0.246 e. The van der Waals surface area contributed by atoms with Crippen molar-refractivity contribution in [3.63, 3.8) is 0 Å². The highest BCUT2D eigenvalue weighted by atomic mass is 32.2. The van der Waals surface area contributed by atoms with Gasteiger partial charge < -0.3 is 4.90 Å². The second-order valence-electron chi connectivity index (χ2n) is 8.73. The molecular weight excluding hydrogens is 376 g/mol. The van der Waals surface area contributed by atoms with Crippen LogP contribution in [-0.2, 0) is 21.4 Å². The summed E-state index contributed by atoms with van der Waals surface area (Å²) in [6.45, 7) is 6.92. The summed E-state index contributed by atoms with van der Waals surface area (Å²) >= 11 is 0. The van der Waals surface area contributed by atoms with E-state index in [-0.39, 0.29) is 23.4 Å². The second-order valence-corrected chi connectivity index (χ2v) is 10.6. The van der Waals surface area contributed by atoms with Crippen LogP contribution in [0.4, 0.5) is 0 Å². The summed E-state index contributed by atoms with van der Waals surface area (Å²) in [5.41, 5.74) is 1.07. The van der Waals surface area contributed by atoms with Crippen LogP contribution >= 0.6 is 0 Å². The quantitative estimate of drug-likeness (QED) is 0.695. The van der Waals surface area contributed by atoms with Crippen molar-refractivity contribution < 1.29 is 13.2 Å². The van der Waals surface area contributed by atoms with Gasteiger partial charge in [0.05, 0.1) is 11.4 Å². The molecular formula is C20H32N4O3S. The van der Waals surface area contributed by atoms with E-state index in [4.69, 9.17) is 0 Å². The van der Waals surface area contributed by atoms with E-state index in [0.29, 0.717) is 36.4 Å². The SMILES string of the molecule is Cc1nn(CC(=O)N(C2CC2)C(C)C2CC2)c(C)c1S(=O)(=O)N1CCCCC1. The van der Waals surface area contributed by atoms with Crippen LogP contribution in [0.25, 0.3) is 0 Å². The number of hydrogen-bond acceptors (Lipinski definition) is 4. The zero-order chi connectivity index (χ0) is 20.1. The van der Waals surface area contributed by atoms with E-state index in [1.165, 1.54) is 12.8 Å². The molecule has 1 atom stereocenters. The highest BCUT2D eigenvalue weighted by Crippen LogP contribution is 2.40. The third-order valence-corrected chi connectivity index (χ3v) is 8.64. The van der Waals surface area contributed by atoms with Crippen molar-refractivity contribution in [2.24, 2.45) is 5.92 Å². The molecule has 8 heteroatoms. The van der Waals surface area contributed by atoms with Crippen LogP contribution in [0, 0.1) is 19.8 Å². The minimum atomic E-state index is -3.56. The summed E-state index contributed by atoms with van der Waals surface area (Å²) in [7, 11) is -3.56. The molecule has 2 heterocycles. The topological polar surface area (TPSA) is 75.5 Å². The summed E-state index contributed by atoms with van der Waals surface area (Å²) in [4.78, 5) is 15.4. The summed E-state index contributed by atoms with van der Waals surface area (Å²) < 4.78 is 29.5. The Morgan fingerprint density at radius 2 is 1.79 bits per heavy atom. The first-order valence-corrected chi connectivity index (χ1v) is 12.1. The Hall–Kier alpha value is -1.41. The van der Waals surface area contributed by atoms with E-state index in [0.717, 1.165) is 32.1 Å². The number of carbonyl (C=O) groups excluding carboxylic acids is 1. The first-order valence-electron chi connectivity index (χ1n) is 10.7. The van der Waals surface area contributed by atoms with Gasteiger partial charge >= 0.3 is 0 Å². The van der Waals surface area contributed by atoms with Gasteiger partial charge in [-0.2, -0.15) is 9.40 Å². The summed E-state index contributed by atoms with van der Waals surface area (Å²) in [6.07, 6.45) is 7.45. The van der Waals surface area contributed by atoms with Crippen molar-refractivity contribution >= 4 is 15.9 Å². The van der Waals surface area contributed by atoms with Gasteiger partial charge in [0.1, 0.15) is 11.4 Å². The van der Waals surface area contributed by atoms with Gasteiger partial charge in [0.25, 0.3) is 0 Å². The van der Waals surface area contributed by atoms with Crippen molar-refractivity contribution in [1.29, 1.82) is 0 Å². The van der Waals surface area contributed by atoms with Crippen LogP contribution < -0.4 is 0 Å². The van der Waals surface area contributed by atoms with Crippen molar-refractivity contribution in [3.8, 4) is 0 Å². The number of sulfonamides is 1. The molecule has 28 heavy (non-hydrogen) atoms. The van der Waals surface area contributed by atoms with Gasteiger partial charge in [-0.3, -0.25) is 9.48 Å². The highest BCUT2D eigenvalue weighted by molar-refractivity contribution is 7.89. The average Bonchev–Trinajstić information content (AvgIpc) is 3.55. The number of carbonyl (C=O) groups is 1. The molecule has 0 bridgehead atoms. The molecule has 0 aromatic carbocycles. The average molecular weight is 409 g/mol. The van der Waals surface area contributed by atoms with Gasteiger partial charge in [0, 0.05) is 25.2 Å². The number of aromatic nitrogens is 2. The Bertz CT molecular complexity index is 849. The second kappa shape index (κ2) is 7.44. The predicted molar refractivity (Wildman–Crippen MR) is 106 cm³/mol. The number of nitrogens with zero attached hydrogens (tertiary/aromatic N) is 4. The van der Waals surface area contributed by atoms with Crippen LogP contribution in [-0.4, -0.2) is 58.5 Å². The van der Waals surface area contributed by atoms with Crippen molar-refractivity contribution in [2.45, 2.75) is 89.2 Å². The molecule has 0 N–H and O–H groups in total. The molecule has 2 saturated carbocycles. The number of rotatable bonds is 7. The molecule has 7 nitrogen and oxygen atoms in total. The molecule has 1 saturated heterocycles. The first-order chi connectivity index (χ1) is 13.3. The molecule has 3 aliphatic rings. The number of hydrogen-bond donors (Lipinski definition) is 0. The third-order valence-electron chi connectivity index (χ3n) is 6.48. The van der Waals surface area contributed by atoms with E-state index in [1.54, 1.807) is 22.8 Å². The molecule has 0 spiro atoms. The van der Waals surface area contributed by atoms with Gasteiger partial charge in [-0.15, -0.1) is 0 Å². The Labute approximate surface area is 168 Å². The van der Waals surface area contributed by atoms with Crippen LogP contribution in [0.5, 0.6) is 0 Å². The summed E-state index contributed by atoms with van der Waals surface area (Å²) in [5, 5.41) is 4.46. The standard InChI is InChI=1S/C20H32N4O3S/c1-14-20(28(26,27)22-11-5-4-6-12-22)16(3)23(21-14)13-19(25)24(18-9-10-18)15(2)17-7-8-17/h15,17-18H,4-13H2,1-3H3. The Morgan fingerprint density at radius 3 is 2.36 bits per heavy atom. The van der Waals surface area contributed by atoms with E-state index in [9.17, 15) is 13.2 Å². The maximum absolute atomic E-state index is 13.2. The lowest BCUT2D eigenvalue weighted by Gasteiger charge is -2.29. The zero-order valence-corrected chi connectivity index (χ0v) is 18.0. The molecule has 1 amide bonds. The number of amides is 1. The molecule has 1 aromatic heterocycles. The Morgan fingerprint density at radius 1 is 1.14 bits per heavy atom. The fourth-order valence-electron chi connectivity index (χ4n) is 4.57. The van der Waals surface area contributed by atoms with Gasteiger partial charge in [-0.1, -0.05) is 6.42 Å². The maximum atomic E-state index is 13.2. The van der Waals surface area contributed by atoms with Crippen molar-refractivity contribution in [3.05, 3.63) is 11.4 Å². The third kappa shape index (κ3) is 3.73. The lowest BCUT2D eigenvalue weighted by atomic mass is 10.1. The monoisotopic (exact) mass is 408 g/mol. The van der Waals surface area contributed by atoms with Crippen LogP contribution in [0.2, 0.25) is 0 Å². The molecule has 3 fully saturated rings. The van der Waals surface area contributed by atoms with E-state index >= 15 is 0 Å². The largest absolute Gasteiger partial charge is 0.335 e. The van der Waals surface area contributed by atoms with Crippen molar-refractivity contribution in [1.82, 2.24) is 19.0 Å². The Kier molecular flexibility index (Phi) is 5.29. The van der Waals surface area contributed by atoms with E-state index in [2.05, 4.69) is 12.0 Å². The lowest BCUT2D eigenvalue weighted by Crippen LogP contribution is -2.43. The normalized spacial score (nSPS) is 22.2. The number of piperidine rings is 1. The summed E-state index contributed by atoms with van der Waals surface area (Å²) in [5.74, 6) is 0.689. The highest BCUT2D eigenvalue weighted by Gasteiger charge is 2.42. The van der Waals surface area contributed by atoms with Crippen LogP contribution in [0.15, 0.2) is 4.90 Å². The van der Waals surface area contributed by atoms with Crippen LogP contribution in [0.3, 0.4) is 0 Å². The summed E-state index contributed by atoms with van der Waals surface area (Å²) in [6, 6.07) is 0.630. The van der Waals surface area contributed by atoms with Gasteiger partial charge in [0.15, 0.2) is 0 Å².